The van der Waals surface area contributed by atoms with Crippen molar-refractivity contribution in [2.24, 2.45) is 0 Å². The smallest absolute Gasteiger partial charge is 0.213 e. The first-order valence-electron chi connectivity index (χ1n) is 6.82. The average molecular weight is 283 g/mol. The monoisotopic (exact) mass is 283 g/mol. The van der Waals surface area contributed by atoms with Gasteiger partial charge < -0.3 is 14.4 Å². The molecule has 108 valence electrons. The number of rotatable bonds is 4. The zero-order chi connectivity index (χ0) is 14.8. The van der Waals surface area contributed by atoms with E-state index in [-0.39, 0.29) is 5.92 Å². The second-order valence-corrected chi connectivity index (χ2v) is 5.04. The summed E-state index contributed by atoms with van der Waals surface area (Å²) in [4.78, 5) is 12.7. The average Bonchev–Trinajstić information content (AvgIpc) is 2.96. The summed E-state index contributed by atoms with van der Waals surface area (Å²) >= 11 is 0. The Hall–Kier alpha value is -2.49. The van der Waals surface area contributed by atoms with Gasteiger partial charge in [-0.05, 0) is 29.8 Å². The minimum atomic E-state index is 0.105. The number of hydrogen-bond acceptors (Lipinski definition) is 3. The van der Waals surface area contributed by atoms with Gasteiger partial charge >= 0.3 is 0 Å². The summed E-state index contributed by atoms with van der Waals surface area (Å²) in [6.45, 7) is 0.576. The molecule has 1 atom stereocenters. The Labute approximate surface area is 123 Å². The third kappa shape index (κ3) is 2.33. The molecule has 1 unspecified atom stereocenters. The first-order chi connectivity index (χ1) is 10.2. The fraction of sp³-hybridized carbons (Fsp3) is 0.235. The van der Waals surface area contributed by atoms with Gasteiger partial charge in [-0.2, -0.15) is 0 Å². The number of fused-ring (bicyclic) bond motifs is 1. The number of hydrogen-bond donors (Lipinski definition) is 0. The van der Waals surface area contributed by atoms with E-state index in [1.165, 1.54) is 0 Å². The lowest BCUT2D eigenvalue weighted by molar-refractivity contribution is -0.107. The van der Waals surface area contributed by atoms with Crippen molar-refractivity contribution in [3.05, 3.63) is 53.6 Å². The Balaban J connectivity index is 2.07. The largest absolute Gasteiger partial charge is 0.497 e. The predicted octanol–water partition coefficient (Wildman–Crippen LogP) is 2.81. The van der Waals surface area contributed by atoms with Gasteiger partial charge in [0.15, 0.2) is 0 Å². The van der Waals surface area contributed by atoms with E-state index in [9.17, 15) is 4.79 Å². The minimum absolute atomic E-state index is 0.105. The maximum absolute atomic E-state index is 11.1. The van der Waals surface area contributed by atoms with Crippen LogP contribution in [0, 0.1) is 0 Å². The quantitative estimate of drug-likeness (QED) is 0.810. The Bertz CT molecular complexity index is 669. The number of methoxy groups -OCH3 is 1. The minimum Gasteiger partial charge on any atom is -0.497 e. The Morgan fingerprint density at radius 3 is 2.81 bits per heavy atom. The number of para-hydroxylation sites is 1. The topological polar surface area (TPSA) is 38.8 Å². The van der Waals surface area contributed by atoms with Crippen molar-refractivity contribution in [2.75, 3.05) is 25.7 Å². The van der Waals surface area contributed by atoms with Crippen LogP contribution in [0.25, 0.3) is 0 Å². The fourth-order valence-corrected chi connectivity index (χ4v) is 2.74. The van der Waals surface area contributed by atoms with Gasteiger partial charge in [0.05, 0.1) is 13.7 Å². The molecule has 4 nitrogen and oxygen atoms in total. The van der Waals surface area contributed by atoms with E-state index in [1.807, 2.05) is 42.5 Å². The molecular weight excluding hydrogens is 266 g/mol. The summed E-state index contributed by atoms with van der Waals surface area (Å²) < 4.78 is 11.1. The van der Waals surface area contributed by atoms with Gasteiger partial charge in [-0.3, -0.25) is 4.79 Å². The van der Waals surface area contributed by atoms with Crippen molar-refractivity contribution in [1.82, 2.24) is 0 Å². The van der Waals surface area contributed by atoms with Crippen LogP contribution in [0.2, 0.25) is 0 Å². The summed E-state index contributed by atoms with van der Waals surface area (Å²) in [5.41, 5.74) is 3.08. The van der Waals surface area contributed by atoms with Crippen LogP contribution in [-0.4, -0.2) is 27.2 Å². The molecule has 1 aliphatic heterocycles. The van der Waals surface area contributed by atoms with Crippen LogP contribution in [0.1, 0.15) is 17.0 Å². The predicted molar refractivity (Wildman–Crippen MR) is 81.2 cm³/mol. The molecule has 1 amide bonds. The molecule has 0 saturated carbocycles. The number of nitrogens with zero attached hydrogens (tertiary/aromatic N) is 1. The third-order valence-electron chi connectivity index (χ3n) is 3.85. The first-order valence-corrected chi connectivity index (χ1v) is 6.82. The number of benzene rings is 2. The van der Waals surface area contributed by atoms with Gasteiger partial charge in [-0.25, -0.2) is 0 Å². The van der Waals surface area contributed by atoms with E-state index < -0.39 is 0 Å². The molecule has 0 aliphatic carbocycles. The van der Waals surface area contributed by atoms with Crippen molar-refractivity contribution in [2.45, 2.75) is 5.92 Å². The molecule has 0 saturated heterocycles. The molecule has 4 heteroatoms. The van der Waals surface area contributed by atoms with E-state index >= 15 is 0 Å². The van der Waals surface area contributed by atoms with Crippen molar-refractivity contribution in [1.29, 1.82) is 0 Å². The van der Waals surface area contributed by atoms with Crippen LogP contribution in [-0.2, 0) is 4.79 Å². The maximum Gasteiger partial charge on any atom is 0.213 e. The number of ether oxygens (including phenoxy) is 2. The second kappa shape index (κ2) is 5.48. The number of carbonyl (C=O) groups excluding carboxylic acids is 1. The van der Waals surface area contributed by atoms with Crippen LogP contribution in [0.5, 0.6) is 11.5 Å². The van der Waals surface area contributed by atoms with Crippen molar-refractivity contribution < 1.29 is 14.3 Å². The molecule has 0 spiro atoms. The van der Waals surface area contributed by atoms with E-state index in [1.54, 1.807) is 19.1 Å². The highest BCUT2D eigenvalue weighted by Gasteiger charge is 2.28. The van der Waals surface area contributed by atoms with E-state index in [4.69, 9.17) is 9.47 Å². The molecule has 2 aromatic carbocycles. The molecular formula is C17H17NO3. The zero-order valence-corrected chi connectivity index (χ0v) is 12.1. The zero-order valence-electron chi connectivity index (χ0n) is 12.1. The Morgan fingerprint density at radius 1 is 1.24 bits per heavy atom. The molecule has 1 heterocycles. The lowest BCUT2D eigenvalue weighted by Gasteiger charge is -2.19. The lowest BCUT2D eigenvalue weighted by atomic mass is 9.91. The highest BCUT2D eigenvalue weighted by Crippen LogP contribution is 2.42. The molecule has 21 heavy (non-hydrogen) atoms. The van der Waals surface area contributed by atoms with E-state index in [2.05, 4.69) is 0 Å². The molecule has 0 radical (unpaired) electrons. The van der Waals surface area contributed by atoms with Crippen molar-refractivity contribution in [3.8, 4) is 11.5 Å². The Morgan fingerprint density at radius 2 is 2.05 bits per heavy atom. The van der Waals surface area contributed by atoms with E-state index in [0.717, 1.165) is 34.7 Å². The van der Waals surface area contributed by atoms with Crippen molar-refractivity contribution >= 4 is 12.1 Å². The highest BCUT2D eigenvalue weighted by molar-refractivity contribution is 5.77. The Kier molecular flexibility index (Phi) is 3.52. The van der Waals surface area contributed by atoms with Crippen LogP contribution in [0.15, 0.2) is 42.5 Å². The van der Waals surface area contributed by atoms with Gasteiger partial charge in [0.25, 0.3) is 0 Å². The molecule has 0 bridgehead atoms. The molecule has 1 aliphatic rings. The number of carbonyl (C=O) groups is 1. The standard InChI is InChI=1S/C17H17NO3/c1-18(11-19)16-6-4-3-5-13(16)15-10-21-17-8-7-12(20-2)9-14(15)17/h3-9,11,15H,10H2,1-2H3. The van der Waals surface area contributed by atoms with Gasteiger partial charge in [0.2, 0.25) is 6.41 Å². The molecule has 0 fully saturated rings. The fourth-order valence-electron chi connectivity index (χ4n) is 2.74. The molecule has 0 aromatic heterocycles. The van der Waals surface area contributed by atoms with Crippen LogP contribution in [0.3, 0.4) is 0 Å². The molecule has 0 N–H and O–H groups in total. The third-order valence-corrected chi connectivity index (χ3v) is 3.85. The van der Waals surface area contributed by atoms with Gasteiger partial charge in [0, 0.05) is 24.2 Å². The number of anilines is 1. The number of amides is 1. The first kappa shape index (κ1) is 13.5. The SMILES string of the molecule is COc1ccc2c(c1)C(c1ccccc1N(C)C=O)CO2. The van der Waals surface area contributed by atoms with Gasteiger partial charge in [0.1, 0.15) is 11.5 Å². The molecule has 3 rings (SSSR count). The van der Waals surface area contributed by atoms with Crippen LogP contribution >= 0.6 is 0 Å². The summed E-state index contributed by atoms with van der Waals surface area (Å²) in [5.74, 6) is 1.79. The maximum atomic E-state index is 11.1. The van der Waals surface area contributed by atoms with Crippen LogP contribution in [0.4, 0.5) is 5.69 Å². The molecule has 2 aromatic rings. The van der Waals surface area contributed by atoms with Crippen molar-refractivity contribution in [3.63, 3.8) is 0 Å². The second-order valence-electron chi connectivity index (χ2n) is 5.04. The summed E-state index contributed by atoms with van der Waals surface area (Å²) in [6.07, 6.45) is 0.821. The summed E-state index contributed by atoms with van der Waals surface area (Å²) in [7, 11) is 3.41. The summed E-state index contributed by atoms with van der Waals surface area (Å²) in [5, 5.41) is 0. The van der Waals surface area contributed by atoms with Gasteiger partial charge in [-0.15, -0.1) is 0 Å². The highest BCUT2D eigenvalue weighted by atomic mass is 16.5. The van der Waals surface area contributed by atoms with Gasteiger partial charge in [-0.1, -0.05) is 18.2 Å². The van der Waals surface area contributed by atoms with E-state index in [0.29, 0.717) is 6.61 Å². The summed E-state index contributed by atoms with van der Waals surface area (Å²) in [6, 6.07) is 13.7. The van der Waals surface area contributed by atoms with Crippen LogP contribution < -0.4 is 14.4 Å². The lowest BCUT2D eigenvalue weighted by Crippen LogP contribution is -2.17. The normalized spacial score (nSPS) is 16.0.